The Morgan fingerprint density at radius 3 is 2.40 bits per heavy atom. The molecule has 2 aromatic heterocycles. The number of benzene rings is 4. The molecule has 2 heterocycles. The van der Waals surface area contributed by atoms with Crippen LogP contribution in [0.1, 0.15) is 30.9 Å². The van der Waals surface area contributed by atoms with Gasteiger partial charge in [0, 0.05) is 24.4 Å². The summed E-state index contributed by atoms with van der Waals surface area (Å²) in [6.45, 7) is 4.12. The molecule has 4 aromatic carbocycles. The molecule has 0 radical (unpaired) electrons. The average Bonchev–Trinajstić information content (AvgIpc) is 3.34. The lowest BCUT2D eigenvalue weighted by Crippen LogP contribution is -2.27. The number of fused-ring (bicyclic) bond motifs is 2. The molecule has 0 spiro atoms. The number of rotatable bonds is 10. The van der Waals surface area contributed by atoms with Crippen LogP contribution in [0.25, 0.3) is 33.1 Å². The molecule has 6 rings (SSSR count). The first-order valence-corrected chi connectivity index (χ1v) is 15.9. The Hall–Kier alpha value is -5.06. The third-order valence-corrected chi connectivity index (χ3v) is 8.73. The van der Waals surface area contributed by atoms with Crippen molar-refractivity contribution >= 4 is 37.9 Å². The number of primary sulfonamides is 1. The van der Waals surface area contributed by atoms with Gasteiger partial charge in [-0.25, -0.2) is 23.5 Å². The SMILES string of the molecule is CC(C)(Cc1nc2cc(OCc3ccc4ccccc4n3)ccc2n1Cc1cccc(-c2ccc(S(N)(=O)=O)cc2)c1)C(=O)O. The number of aromatic nitrogens is 3. The van der Waals surface area contributed by atoms with Crippen LogP contribution in [0.4, 0.5) is 0 Å². The molecule has 0 bridgehead atoms. The Morgan fingerprint density at radius 2 is 1.64 bits per heavy atom. The highest BCUT2D eigenvalue weighted by Gasteiger charge is 2.30. The van der Waals surface area contributed by atoms with E-state index in [9.17, 15) is 18.3 Å². The number of sulfonamides is 1. The van der Waals surface area contributed by atoms with E-state index in [2.05, 4.69) is 4.98 Å². The van der Waals surface area contributed by atoms with E-state index in [1.807, 2.05) is 83.4 Å². The van der Waals surface area contributed by atoms with Gasteiger partial charge < -0.3 is 14.4 Å². The Bertz CT molecular complexity index is 2160. The molecular formula is C35H32N4O5S. The maximum atomic E-state index is 12.0. The number of hydrogen-bond donors (Lipinski definition) is 2. The van der Waals surface area contributed by atoms with Gasteiger partial charge in [-0.3, -0.25) is 4.79 Å². The van der Waals surface area contributed by atoms with E-state index in [1.54, 1.807) is 26.0 Å². The monoisotopic (exact) mass is 620 g/mol. The Kier molecular flexibility index (Phi) is 7.86. The number of aliphatic carboxylic acids is 1. The van der Waals surface area contributed by atoms with E-state index in [-0.39, 0.29) is 11.3 Å². The van der Waals surface area contributed by atoms with Crippen molar-refractivity contribution < 1.29 is 23.1 Å². The molecule has 9 nitrogen and oxygen atoms in total. The number of imidazole rings is 1. The van der Waals surface area contributed by atoms with E-state index in [4.69, 9.17) is 14.9 Å². The fourth-order valence-corrected chi connectivity index (χ4v) is 5.76. The summed E-state index contributed by atoms with van der Waals surface area (Å²) in [7, 11) is -3.78. The van der Waals surface area contributed by atoms with Crippen LogP contribution in [0.2, 0.25) is 0 Å². The van der Waals surface area contributed by atoms with Crippen LogP contribution < -0.4 is 9.88 Å². The maximum Gasteiger partial charge on any atom is 0.309 e. The maximum absolute atomic E-state index is 12.0. The zero-order valence-corrected chi connectivity index (χ0v) is 25.7. The van der Waals surface area contributed by atoms with E-state index >= 15 is 0 Å². The lowest BCUT2D eigenvalue weighted by Gasteiger charge is -2.19. The van der Waals surface area contributed by atoms with Gasteiger partial charge in [-0.2, -0.15) is 0 Å². The van der Waals surface area contributed by atoms with Gasteiger partial charge in [0.15, 0.2) is 0 Å². The first kappa shape index (κ1) is 30.0. The number of carbonyl (C=O) groups is 1. The van der Waals surface area contributed by atoms with Gasteiger partial charge in [0.25, 0.3) is 0 Å². The molecule has 3 N–H and O–H groups in total. The molecule has 0 fully saturated rings. The molecule has 45 heavy (non-hydrogen) atoms. The predicted molar refractivity (Wildman–Crippen MR) is 173 cm³/mol. The molecule has 0 amide bonds. The second-order valence-corrected chi connectivity index (χ2v) is 13.2. The van der Waals surface area contributed by atoms with Crippen LogP contribution in [-0.2, 0) is 34.4 Å². The zero-order valence-electron chi connectivity index (χ0n) is 24.8. The number of para-hydroxylation sites is 1. The van der Waals surface area contributed by atoms with Crippen molar-refractivity contribution in [1.29, 1.82) is 0 Å². The molecule has 228 valence electrons. The van der Waals surface area contributed by atoms with Gasteiger partial charge in [-0.05, 0) is 73.0 Å². The molecule has 0 aliphatic rings. The van der Waals surface area contributed by atoms with Crippen LogP contribution >= 0.6 is 0 Å². The minimum absolute atomic E-state index is 0.0508. The van der Waals surface area contributed by atoms with Gasteiger partial charge >= 0.3 is 5.97 Å². The van der Waals surface area contributed by atoms with Crippen molar-refractivity contribution in [2.24, 2.45) is 10.6 Å². The van der Waals surface area contributed by atoms with E-state index < -0.39 is 21.4 Å². The summed E-state index contributed by atoms with van der Waals surface area (Å²) in [6.07, 6.45) is 0.225. The normalized spacial score (nSPS) is 12.1. The number of hydrogen-bond acceptors (Lipinski definition) is 6. The third kappa shape index (κ3) is 6.57. The molecule has 6 aromatic rings. The summed E-state index contributed by atoms with van der Waals surface area (Å²) in [5.74, 6) is 0.377. The molecule has 0 aliphatic heterocycles. The van der Waals surface area contributed by atoms with Crippen LogP contribution in [0.3, 0.4) is 0 Å². The van der Waals surface area contributed by atoms with Crippen molar-refractivity contribution in [2.45, 2.75) is 38.3 Å². The predicted octanol–water partition coefficient (Wildman–Crippen LogP) is 6.18. The van der Waals surface area contributed by atoms with E-state index in [1.165, 1.54) is 12.1 Å². The number of carboxylic acid groups (broad SMARTS) is 1. The summed E-state index contributed by atoms with van der Waals surface area (Å²) in [5.41, 5.74) is 4.95. The third-order valence-electron chi connectivity index (χ3n) is 7.80. The molecule has 0 saturated carbocycles. The molecular weight excluding hydrogens is 588 g/mol. The van der Waals surface area contributed by atoms with Crippen molar-refractivity contribution in [3.05, 3.63) is 120 Å². The van der Waals surface area contributed by atoms with Gasteiger partial charge in [-0.15, -0.1) is 0 Å². The quantitative estimate of drug-likeness (QED) is 0.187. The van der Waals surface area contributed by atoms with Crippen LogP contribution in [0.5, 0.6) is 5.75 Å². The molecule has 0 aliphatic carbocycles. The highest BCUT2D eigenvalue weighted by Crippen LogP contribution is 2.29. The van der Waals surface area contributed by atoms with Gasteiger partial charge in [-0.1, -0.05) is 54.6 Å². The minimum Gasteiger partial charge on any atom is -0.487 e. The topological polar surface area (TPSA) is 137 Å². The summed E-state index contributed by atoms with van der Waals surface area (Å²) < 4.78 is 31.5. The first-order valence-electron chi connectivity index (χ1n) is 14.4. The second kappa shape index (κ2) is 11.8. The standard InChI is InChI=1S/C35H32N4O5S/c1-35(2,34(40)41)20-33-38-31-19-28(44-22-27-13-10-25-7-3-4-9-30(25)37-27)14-17-32(31)39(33)21-23-6-5-8-26(18-23)24-11-15-29(16-12-24)45(36,42)43/h3-19H,20-22H2,1-2H3,(H,40,41)(H2,36,42,43). The zero-order chi connectivity index (χ0) is 31.8. The molecule has 0 atom stereocenters. The summed E-state index contributed by atoms with van der Waals surface area (Å²) in [5, 5.41) is 16.2. The molecule has 10 heteroatoms. The van der Waals surface area contributed by atoms with Gasteiger partial charge in [0.1, 0.15) is 18.2 Å². The van der Waals surface area contributed by atoms with Crippen molar-refractivity contribution in [3.63, 3.8) is 0 Å². The minimum atomic E-state index is -3.78. The van der Waals surface area contributed by atoms with Crippen LogP contribution in [0, 0.1) is 5.41 Å². The molecule has 0 saturated heterocycles. The number of ether oxygens (including phenoxy) is 1. The van der Waals surface area contributed by atoms with E-state index in [0.29, 0.717) is 30.2 Å². The summed E-state index contributed by atoms with van der Waals surface area (Å²) in [6, 6.07) is 31.9. The smallest absolute Gasteiger partial charge is 0.309 e. The fraction of sp³-hybridized carbons (Fsp3) is 0.171. The highest BCUT2D eigenvalue weighted by molar-refractivity contribution is 7.89. The number of carboxylic acids is 1. The van der Waals surface area contributed by atoms with E-state index in [0.717, 1.165) is 38.8 Å². The van der Waals surface area contributed by atoms with Crippen LogP contribution in [-0.4, -0.2) is 34.0 Å². The van der Waals surface area contributed by atoms with Crippen molar-refractivity contribution in [2.75, 3.05) is 0 Å². The largest absolute Gasteiger partial charge is 0.487 e. The Morgan fingerprint density at radius 1 is 0.867 bits per heavy atom. The Labute approximate surface area is 261 Å². The average molecular weight is 621 g/mol. The van der Waals surface area contributed by atoms with Crippen LogP contribution in [0.15, 0.2) is 108 Å². The highest BCUT2D eigenvalue weighted by atomic mass is 32.2. The lowest BCUT2D eigenvalue weighted by atomic mass is 9.89. The van der Waals surface area contributed by atoms with Crippen molar-refractivity contribution in [3.8, 4) is 16.9 Å². The second-order valence-electron chi connectivity index (χ2n) is 11.7. The number of nitrogens with two attached hydrogens (primary N) is 1. The fourth-order valence-electron chi connectivity index (χ4n) is 5.25. The number of pyridine rings is 1. The van der Waals surface area contributed by atoms with Gasteiger partial charge in [0.05, 0.1) is 32.6 Å². The first-order chi connectivity index (χ1) is 21.5. The lowest BCUT2D eigenvalue weighted by molar-refractivity contribution is -0.146. The Balaban J connectivity index is 1.30. The number of nitrogens with zero attached hydrogens (tertiary/aromatic N) is 3. The van der Waals surface area contributed by atoms with Gasteiger partial charge in [0.2, 0.25) is 10.0 Å². The van der Waals surface area contributed by atoms with Crippen molar-refractivity contribution in [1.82, 2.24) is 14.5 Å². The summed E-state index contributed by atoms with van der Waals surface area (Å²) >= 11 is 0. The molecule has 0 unspecified atom stereocenters. The summed E-state index contributed by atoms with van der Waals surface area (Å²) in [4.78, 5) is 21.7.